The molecule has 2 aliphatic rings. The van der Waals surface area contributed by atoms with Gasteiger partial charge in [-0.15, -0.1) is 0 Å². The second-order valence-corrected chi connectivity index (χ2v) is 10.0. The molecule has 0 aliphatic heterocycles. The van der Waals surface area contributed by atoms with Gasteiger partial charge in [0, 0.05) is 0 Å². The first-order valence-electron chi connectivity index (χ1n) is 12.5. The van der Waals surface area contributed by atoms with Crippen LogP contribution in [0.1, 0.15) is 115 Å². The van der Waals surface area contributed by atoms with E-state index in [0.717, 1.165) is 29.4 Å². The number of thiocarbonyl (C=S) groups is 1. The Labute approximate surface area is 184 Å². The predicted octanol–water partition coefficient (Wildman–Crippen LogP) is 9.25. The van der Waals surface area contributed by atoms with Crippen molar-refractivity contribution in [2.75, 3.05) is 0 Å². The zero-order chi connectivity index (χ0) is 20.3. The first kappa shape index (κ1) is 22.7. The van der Waals surface area contributed by atoms with Gasteiger partial charge in [-0.2, -0.15) is 4.99 Å². The van der Waals surface area contributed by atoms with Gasteiger partial charge in [-0.05, 0) is 79.3 Å². The second kappa shape index (κ2) is 12.7. The van der Waals surface area contributed by atoms with E-state index in [-0.39, 0.29) is 0 Å². The van der Waals surface area contributed by atoms with Crippen LogP contribution in [-0.4, -0.2) is 5.16 Å². The van der Waals surface area contributed by atoms with Gasteiger partial charge in [-0.3, -0.25) is 0 Å². The van der Waals surface area contributed by atoms with Crippen molar-refractivity contribution in [1.29, 1.82) is 0 Å². The number of rotatable bonds is 10. The highest BCUT2D eigenvalue weighted by atomic mass is 32.1. The molecule has 1 nitrogen and oxygen atoms in total. The molecule has 0 atom stereocenters. The van der Waals surface area contributed by atoms with Crippen LogP contribution in [0.25, 0.3) is 0 Å². The van der Waals surface area contributed by atoms with Gasteiger partial charge < -0.3 is 0 Å². The van der Waals surface area contributed by atoms with Crippen molar-refractivity contribution in [2.45, 2.75) is 109 Å². The van der Waals surface area contributed by atoms with Crippen LogP contribution in [-0.2, 0) is 0 Å². The molecule has 0 N–H and O–H groups in total. The maximum atomic E-state index is 4.69. The lowest BCUT2D eigenvalue weighted by molar-refractivity contribution is 0.222. The maximum absolute atomic E-state index is 4.69. The van der Waals surface area contributed by atoms with Gasteiger partial charge in [0.2, 0.25) is 0 Å². The summed E-state index contributed by atoms with van der Waals surface area (Å²) in [5.74, 6) is 3.82. The SMILES string of the molecule is CCCCCCC1CCC(CCC2CCC(c3ccc(N=C=S)cc3)CC2)CC1. The fourth-order valence-electron chi connectivity index (χ4n) is 5.80. The molecule has 1 aromatic carbocycles. The molecule has 0 heterocycles. The maximum Gasteiger partial charge on any atom is 0.0739 e. The average molecular weight is 412 g/mol. The van der Waals surface area contributed by atoms with Gasteiger partial charge in [-0.25, -0.2) is 0 Å². The highest BCUT2D eigenvalue weighted by Gasteiger charge is 2.25. The summed E-state index contributed by atoms with van der Waals surface area (Å²) in [6, 6.07) is 8.66. The molecule has 2 saturated carbocycles. The van der Waals surface area contributed by atoms with Crippen molar-refractivity contribution in [1.82, 2.24) is 0 Å². The molecular weight excluding hydrogens is 370 g/mol. The van der Waals surface area contributed by atoms with Crippen molar-refractivity contribution < 1.29 is 0 Å². The number of hydrogen-bond acceptors (Lipinski definition) is 2. The lowest BCUT2D eigenvalue weighted by Gasteiger charge is -2.32. The van der Waals surface area contributed by atoms with Gasteiger partial charge in [0.25, 0.3) is 0 Å². The molecule has 2 heteroatoms. The standard InChI is InChI=1S/C27H41NS/c1-2-3-4-5-6-22-7-9-23(10-8-22)11-12-24-13-15-25(16-14-24)26-17-19-27(20-18-26)28-21-29/h17-20,22-25H,2-16H2,1H3. The third-order valence-corrected chi connectivity index (χ3v) is 7.89. The van der Waals surface area contributed by atoms with Crippen LogP contribution in [0, 0.1) is 17.8 Å². The third-order valence-electron chi connectivity index (χ3n) is 7.80. The largest absolute Gasteiger partial charge is 0.195 e. The van der Waals surface area contributed by atoms with Crippen molar-refractivity contribution in [3.63, 3.8) is 0 Å². The molecule has 1 aromatic rings. The molecule has 0 unspecified atom stereocenters. The Morgan fingerprint density at radius 2 is 1.31 bits per heavy atom. The number of aliphatic imine (C=N–C) groups is 1. The minimum absolute atomic E-state index is 0.750. The minimum Gasteiger partial charge on any atom is -0.195 e. The van der Waals surface area contributed by atoms with E-state index in [1.54, 1.807) is 0 Å². The summed E-state index contributed by atoms with van der Waals surface area (Å²) >= 11 is 4.69. The van der Waals surface area contributed by atoms with Gasteiger partial charge in [0.15, 0.2) is 0 Å². The van der Waals surface area contributed by atoms with Crippen LogP contribution in [0.4, 0.5) is 5.69 Å². The summed E-state index contributed by atoms with van der Waals surface area (Å²) in [5, 5.41) is 2.45. The summed E-state index contributed by atoms with van der Waals surface area (Å²) in [6.45, 7) is 2.31. The fraction of sp³-hybridized carbons (Fsp3) is 0.741. The Balaban J connectivity index is 1.30. The van der Waals surface area contributed by atoms with E-state index in [1.165, 1.54) is 102 Å². The average Bonchev–Trinajstić information content (AvgIpc) is 2.77. The van der Waals surface area contributed by atoms with E-state index in [9.17, 15) is 0 Å². The molecule has 29 heavy (non-hydrogen) atoms. The third kappa shape index (κ3) is 7.65. The van der Waals surface area contributed by atoms with Gasteiger partial charge in [0.1, 0.15) is 0 Å². The normalized spacial score (nSPS) is 27.3. The Morgan fingerprint density at radius 1 is 0.759 bits per heavy atom. The number of isothiocyanates is 1. The summed E-state index contributed by atoms with van der Waals surface area (Å²) in [7, 11) is 0. The number of benzene rings is 1. The predicted molar refractivity (Wildman–Crippen MR) is 129 cm³/mol. The smallest absolute Gasteiger partial charge is 0.0739 e. The highest BCUT2D eigenvalue weighted by molar-refractivity contribution is 7.78. The lowest BCUT2D eigenvalue weighted by Crippen LogP contribution is -2.17. The van der Waals surface area contributed by atoms with Crippen LogP contribution in [0.15, 0.2) is 29.3 Å². The minimum atomic E-state index is 0.750. The van der Waals surface area contributed by atoms with E-state index >= 15 is 0 Å². The highest BCUT2D eigenvalue weighted by Crippen LogP contribution is 2.40. The zero-order valence-corrected chi connectivity index (χ0v) is 19.4. The van der Waals surface area contributed by atoms with E-state index in [0.29, 0.717) is 0 Å². The van der Waals surface area contributed by atoms with Crippen LogP contribution < -0.4 is 0 Å². The van der Waals surface area contributed by atoms with E-state index in [4.69, 9.17) is 12.2 Å². The van der Waals surface area contributed by atoms with Crippen LogP contribution in [0.5, 0.6) is 0 Å². The number of nitrogens with zero attached hydrogens (tertiary/aromatic N) is 1. The zero-order valence-electron chi connectivity index (χ0n) is 18.6. The first-order valence-corrected chi connectivity index (χ1v) is 12.9. The summed E-state index contributed by atoms with van der Waals surface area (Å²) < 4.78 is 0. The van der Waals surface area contributed by atoms with Crippen molar-refractivity contribution in [2.24, 2.45) is 22.7 Å². The van der Waals surface area contributed by atoms with Gasteiger partial charge in [-0.1, -0.05) is 89.7 Å². The van der Waals surface area contributed by atoms with E-state index in [1.807, 2.05) is 0 Å². The quantitative estimate of drug-likeness (QED) is 0.212. The van der Waals surface area contributed by atoms with Crippen LogP contribution in [0.3, 0.4) is 0 Å². The summed E-state index contributed by atoms with van der Waals surface area (Å²) in [4.78, 5) is 4.07. The first-order chi connectivity index (χ1) is 14.3. The van der Waals surface area contributed by atoms with Crippen LogP contribution >= 0.6 is 12.2 Å². The molecule has 0 aromatic heterocycles. The Bertz CT molecular complexity index is 614. The Morgan fingerprint density at radius 3 is 1.86 bits per heavy atom. The number of hydrogen-bond donors (Lipinski definition) is 0. The molecule has 0 bridgehead atoms. The van der Waals surface area contributed by atoms with Crippen LogP contribution in [0.2, 0.25) is 0 Å². The Hall–Kier alpha value is -0.980. The van der Waals surface area contributed by atoms with Gasteiger partial charge in [0.05, 0.1) is 10.8 Å². The van der Waals surface area contributed by atoms with E-state index in [2.05, 4.69) is 41.3 Å². The monoisotopic (exact) mass is 411 g/mol. The second-order valence-electron chi connectivity index (χ2n) is 9.83. The molecular formula is C27H41NS. The molecule has 0 spiro atoms. The molecule has 2 fully saturated rings. The molecule has 160 valence electrons. The molecule has 0 radical (unpaired) electrons. The molecule has 0 saturated heterocycles. The Kier molecular flexibility index (Phi) is 9.91. The van der Waals surface area contributed by atoms with Gasteiger partial charge >= 0.3 is 0 Å². The number of unbranched alkanes of at least 4 members (excludes halogenated alkanes) is 3. The van der Waals surface area contributed by atoms with Crippen molar-refractivity contribution in [3.8, 4) is 0 Å². The summed E-state index contributed by atoms with van der Waals surface area (Å²) in [5.41, 5.74) is 2.41. The van der Waals surface area contributed by atoms with Crippen molar-refractivity contribution >= 4 is 23.1 Å². The molecule has 3 rings (SSSR count). The van der Waals surface area contributed by atoms with E-state index < -0.39 is 0 Å². The summed E-state index contributed by atoms with van der Waals surface area (Å²) in [6.07, 6.45) is 21.9. The van der Waals surface area contributed by atoms with Crippen molar-refractivity contribution in [3.05, 3.63) is 29.8 Å². The lowest BCUT2D eigenvalue weighted by atomic mass is 9.74. The topological polar surface area (TPSA) is 12.4 Å². The molecule has 2 aliphatic carbocycles. The fourth-order valence-corrected chi connectivity index (χ4v) is 5.90. The molecule has 0 amide bonds.